The van der Waals surface area contributed by atoms with E-state index < -0.39 is 0 Å². The Kier molecular flexibility index (Phi) is 2.73. The lowest BCUT2D eigenvalue weighted by Gasteiger charge is -2.02. The summed E-state index contributed by atoms with van der Waals surface area (Å²) in [5.74, 6) is 0.471. The maximum absolute atomic E-state index is 13.5. The van der Waals surface area contributed by atoms with Crippen LogP contribution in [0.15, 0.2) is 24.4 Å². The van der Waals surface area contributed by atoms with Crippen molar-refractivity contribution in [3.63, 3.8) is 0 Å². The second kappa shape index (κ2) is 4.03. The summed E-state index contributed by atoms with van der Waals surface area (Å²) >= 11 is 5.68. The van der Waals surface area contributed by atoms with E-state index in [1.165, 1.54) is 0 Å². The number of H-pyrrole nitrogens is 1. The molecule has 1 aromatic carbocycles. The van der Waals surface area contributed by atoms with Crippen molar-refractivity contribution in [1.82, 2.24) is 9.97 Å². The molecule has 4 heteroatoms. The maximum Gasteiger partial charge on any atom is 0.145 e. The van der Waals surface area contributed by atoms with Crippen molar-refractivity contribution in [2.45, 2.75) is 13.3 Å². The molecule has 0 saturated heterocycles. The molecule has 1 heterocycles. The summed E-state index contributed by atoms with van der Waals surface area (Å²) in [4.78, 5) is 7.10. The van der Waals surface area contributed by atoms with E-state index >= 15 is 0 Å². The third-order valence-electron chi connectivity index (χ3n) is 2.17. The molecular weight excluding hydrogens is 215 g/mol. The number of halogens is 2. The second-order valence-electron chi connectivity index (χ2n) is 3.38. The predicted molar refractivity (Wildman–Crippen MR) is 57.5 cm³/mol. The van der Waals surface area contributed by atoms with Crippen LogP contribution in [0.5, 0.6) is 0 Å². The average Bonchev–Trinajstić information content (AvgIpc) is 2.59. The molecule has 0 radical (unpaired) electrons. The summed E-state index contributed by atoms with van der Waals surface area (Å²) in [6, 6.07) is 5.00. The zero-order valence-electron chi connectivity index (χ0n) is 8.22. The highest BCUT2D eigenvalue weighted by molar-refractivity contribution is 6.30. The van der Waals surface area contributed by atoms with E-state index in [1.807, 2.05) is 6.92 Å². The number of aromatic amines is 1. The fourth-order valence-corrected chi connectivity index (χ4v) is 1.65. The predicted octanol–water partition coefficient (Wildman–Crippen LogP) is 3.10. The number of hydrogen-bond acceptors (Lipinski definition) is 1. The molecule has 0 atom stereocenters. The Balaban J connectivity index is 2.28. The Morgan fingerprint density at radius 2 is 2.27 bits per heavy atom. The number of rotatable bonds is 2. The molecule has 0 aliphatic heterocycles. The third kappa shape index (κ3) is 2.18. The van der Waals surface area contributed by atoms with Gasteiger partial charge in [-0.2, -0.15) is 0 Å². The largest absolute Gasteiger partial charge is 0.346 e. The normalized spacial score (nSPS) is 10.6. The van der Waals surface area contributed by atoms with Gasteiger partial charge in [0.25, 0.3) is 0 Å². The molecule has 0 bridgehead atoms. The monoisotopic (exact) mass is 224 g/mol. The van der Waals surface area contributed by atoms with Crippen molar-refractivity contribution >= 4 is 11.6 Å². The maximum atomic E-state index is 13.5. The number of nitrogens with one attached hydrogen (secondary N) is 1. The van der Waals surface area contributed by atoms with Gasteiger partial charge in [0.1, 0.15) is 11.6 Å². The standard InChI is InChI=1S/C11H10ClFN2/c1-7-14-6-9(15-7)5-8-3-2-4-10(12)11(8)13/h2-4,6H,5H2,1H3,(H,14,15). The van der Waals surface area contributed by atoms with Crippen LogP contribution in [0.4, 0.5) is 4.39 Å². The van der Waals surface area contributed by atoms with Gasteiger partial charge in [-0.3, -0.25) is 0 Å². The second-order valence-corrected chi connectivity index (χ2v) is 3.79. The molecule has 0 unspecified atom stereocenters. The van der Waals surface area contributed by atoms with E-state index in [9.17, 15) is 4.39 Å². The van der Waals surface area contributed by atoms with Crippen LogP contribution in [0.3, 0.4) is 0 Å². The van der Waals surface area contributed by atoms with Crippen LogP contribution in [0.25, 0.3) is 0 Å². The lowest BCUT2D eigenvalue weighted by molar-refractivity contribution is 0.614. The van der Waals surface area contributed by atoms with Crippen molar-refractivity contribution in [2.24, 2.45) is 0 Å². The van der Waals surface area contributed by atoms with Crippen LogP contribution in [-0.2, 0) is 6.42 Å². The quantitative estimate of drug-likeness (QED) is 0.834. The summed E-state index contributed by atoms with van der Waals surface area (Å²) < 4.78 is 13.5. The van der Waals surface area contributed by atoms with Crippen LogP contribution in [0.2, 0.25) is 5.02 Å². The summed E-state index contributed by atoms with van der Waals surface area (Å²) in [5.41, 5.74) is 1.46. The smallest absolute Gasteiger partial charge is 0.145 e. The molecule has 0 aliphatic rings. The van der Waals surface area contributed by atoms with Crippen molar-refractivity contribution in [3.05, 3.63) is 52.3 Å². The van der Waals surface area contributed by atoms with Crippen molar-refractivity contribution in [2.75, 3.05) is 0 Å². The molecule has 0 aliphatic carbocycles. The zero-order chi connectivity index (χ0) is 10.8. The van der Waals surface area contributed by atoms with E-state index in [0.717, 1.165) is 11.5 Å². The van der Waals surface area contributed by atoms with Crippen LogP contribution in [-0.4, -0.2) is 9.97 Å². The highest BCUT2D eigenvalue weighted by Crippen LogP contribution is 2.19. The minimum absolute atomic E-state index is 0.156. The summed E-state index contributed by atoms with van der Waals surface area (Å²) in [7, 11) is 0. The molecule has 1 N–H and O–H groups in total. The number of aromatic nitrogens is 2. The molecule has 0 spiro atoms. The van der Waals surface area contributed by atoms with Gasteiger partial charge >= 0.3 is 0 Å². The molecule has 0 saturated carbocycles. The Bertz CT molecular complexity index is 479. The van der Waals surface area contributed by atoms with E-state index in [1.54, 1.807) is 24.4 Å². The van der Waals surface area contributed by atoms with Crippen molar-refractivity contribution < 1.29 is 4.39 Å². The summed E-state index contributed by atoms with van der Waals surface area (Å²) in [5, 5.41) is 0.156. The van der Waals surface area contributed by atoms with Gasteiger partial charge in [0.2, 0.25) is 0 Å². The first-order valence-electron chi connectivity index (χ1n) is 4.60. The lowest BCUT2D eigenvalue weighted by Crippen LogP contribution is -1.93. The number of benzene rings is 1. The first-order valence-corrected chi connectivity index (χ1v) is 4.98. The molecule has 1 aromatic heterocycles. The Hall–Kier alpha value is -1.35. The van der Waals surface area contributed by atoms with Crippen molar-refractivity contribution in [1.29, 1.82) is 0 Å². The van der Waals surface area contributed by atoms with Gasteiger partial charge in [0.15, 0.2) is 0 Å². The van der Waals surface area contributed by atoms with Gasteiger partial charge in [-0.15, -0.1) is 0 Å². The molecule has 15 heavy (non-hydrogen) atoms. The number of aryl methyl sites for hydroxylation is 1. The summed E-state index contributed by atoms with van der Waals surface area (Å²) in [6.07, 6.45) is 2.18. The van der Waals surface area contributed by atoms with Gasteiger partial charge in [-0.05, 0) is 18.6 Å². The van der Waals surface area contributed by atoms with E-state index in [2.05, 4.69) is 9.97 Å². The van der Waals surface area contributed by atoms with E-state index in [0.29, 0.717) is 12.0 Å². The average molecular weight is 225 g/mol. The lowest BCUT2D eigenvalue weighted by atomic mass is 10.1. The number of nitrogens with zero attached hydrogens (tertiary/aromatic N) is 1. The fourth-order valence-electron chi connectivity index (χ4n) is 1.45. The first kappa shape index (κ1) is 10.2. The van der Waals surface area contributed by atoms with E-state index in [4.69, 9.17) is 11.6 Å². The molecule has 0 fully saturated rings. The third-order valence-corrected chi connectivity index (χ3v) is 2.46. The molecule has 78 valence electrons. The topological polar surface area (TPSA) is 28.7 Å². The zero-order valence-corrected chi connectivity index (χ0v) is 8.98. The Labute approximate surface area is 92.1 Å². The number of hydrogen-bond donors (Lipinski definition) is 1. The van der Waals surface area contributed by atoms with Gasteiger partial charge in [-0.25, -0.2) is 9.37 Å². The first-order chi connectivity index (χ1) is 7.16. The van der Waals surface area contributed by atoms with Gasteiger partial charge in [0.05, 0.1) is 5.02 Å². The van der Waals surface area contributed by atoms with Crippen LogP contribution in [0.1, 0.15) is 17.1 Å². The van der Waals surface area contributed by atoms with E-state index in [-0.39, 0.29) is 10.8 Å². The van der Waals surface area contributed by atoms with Gasteiger partial charge in [-0.1, -0.05) is 23.7 Å². The van der Waals surface area contributed by atoms with Gasteiger partial charge < -0.3 is 4.98 Å². The van der Waals surface area contributed by atoms with Crippen LogP contribution >= 0.6 is 11.6 Å². The summed E-state index contributed by atoms with van der Waals surface area (Å²) in [6.45, 7) is 1.86. The van der Waals surface area contributed by atoms with Crippen LogP contribution < -0.4 is 0 Å². The Morgan fingerprint density at radius 1 is 1.47 bits per heavy atom. The SMILES string of the molecule is Cc1ncc(Cc2cccc(Cl)c2F)[nH]1. The minimum Gasteiger partial charge on any atom is -0.346 e. The molecule has 2 aromatic rings. The molecule has 2 nitrogen and oxygen atoms in total. The highest BCUT2D eigenvalue weighted by Gasteiger charge is 2.07. The molecule has 2 rings (SSSR count). The van der Waals surface area contributed by atoms with Crippen LogP contribution in [0, 0.1) is 12.7 Å². The van der Waals surface area contributed by atoms with Crippen molar-refractivity contribution in [3.8, 4) is 0 Å². The minimum atomic E-state index is -0.355. The Morgan fingerprint density at radius 3 is 2.93 bits per heavy atom. The molecule has 0 amide bonds. The van der Waals surface area contributed by atoms with Gasteiger partial charge in [0, 0.05) is 18.3 Å². The number of imidazole rings is 1. The molecular formula is C11H10ClFN2. The highest BCUT2D eigenvalue weighted by atomic mass is 35.5. The fraction of sp³-hybridized carbons (Fsp3) is 0.182.